The summed E-state index contributed by atoms with van der Waals surface area (Å²) in [6.07, 6.45) is 0.257. The molecule has 12 heteroatoms. The number of ketones is 2. The van der Waals surface area contributed by atoms with E-state index in [0.717, 1.165) is 0 Å². The zero-order valence-corrected chi connectivity index (χ0v) is 24.9. The fourth-order valence-electron chi connectivity index (χ4n) is 6.98. The van der Waals surface area contributed by atoms with Crippen molar-refractivity contribution in [2.75, 3.05) is 27.7 Å². The van der Waals surface area contributed by atoms with Gasteiger partial charge in [-0.15, -0.1) is 0 Å². The Balaban J connectivity index is 1.77. The minimum atomic E-state index is -1.52. The van der Waals surface area contributed by atoms with E-state index in [2.05, 4.69) is 5.32 Å². The lowest BCUT2D eigenvalue weighted by Gasteiger charge is -2.52. The maximum absolute atomic E-state index is 16.1. The molecule has 2 aromatic rings. The standard InChI is InChI=1S/C32H35FN4O7/c1-32-19(26(37(2)3)28(40)24(29(32)41)31(35)42)11-15-10-18-23(20(43-4)12-16(25(18)33)13-36-14-21(34)38)27(39)22(15)30(32)44-17-8-6-5-7-9-17/h5-9,12,15,19,26,36,41H,10-11,13-14H2,1-4H3,(H2,34,38)(H2,35,42)/t15-,19-,26-,32-/m0/s1. The number of aliphatic hydroxyl groups is 1. The molecule has 3 aliphatic rings. The van der Waals surface area contributed by atoms with Gasteiger partial charge in [-0.25, -0.2) is 4.39 Å². The Morgan fingerprint density at radius 2 is 1.86 bits per heavy atom. The van der Waals surface area contributed by atoms with Crippen molar-refractivity contribution in [2.24, 2.45) is 28.7 Å². The average Bonchev–Trinajstić information content (AvgIpc) is 2.96. The van der Waals surface area contributed by atoms with Crippen LogP contribution in [-0.2, 0) is 27.3 Å². The fourth-order valence-corrected chi connectivity index (χ4v) is 6.98. The molecule has 232 valence electrons. The van der Waals surface area contributed by atoms with E-state index in [1.165, 1.54) is 13.2 Å². The number of Topliss-reactive ketones (excluding diaryl/α,β-unsaturated/α-hetero) is 2. The highest BCUT2D eigenvalue weighted by Gasteiger charge is 2.61. The van der Waals surface area contributed by atoms with Gasteiger partial charge in [-0.2, -0.15) is 0 Å². The predicted molar refractivity (Wildman–Crippen MR) is 157 cm³/mol. The van der Waals surface area contributed by atoms with Crippen molar-refractivity contribution in [1.82, 2.24) is 10.2 Å². The van der Waals surface area contributed by atoms with Crippen molar-refractivity contribution in [3.63, 3.8) is 0 Å². The number of amides is 2. The highest BCUT2D eigenvalue weighted by molar-refractivity contribution is 6.22. The summed E-state index contributed by atoms with van der Waals surface area (Å²) in [5.74, 6) is -4.82. The number of carbonyl (C=O) groups is 4. The molecule has 0 saturated carbocycles. The fraction of sp³-hybridized carbons (Fsp3) is 0.375. The molecule has 2 amide bonds. The Bertz CT molecular complexity index is 1630. The largest absolute Gasteiger partial charge is 0.510 e. The van der Waals surface area contributed by atoms with E-state index < -0.39 is 63.8 Å². The molecule has 0 saturated heterocycles. The summed E-state index contributed by atoms with van der Waals surface area (Å²) in [6, 6.07) is 9.11. The summed E-state index contributed by atoms with van der Waals surface area (Å²) in [5.41, 5.74) is 9.30. The predicted octanol–water partition coefficient (Wildman–Crippen LogP) is 1.93. The van der Waals surface area contributed by atoms with Crippen LogP contribution in [-0.4, -0.2) is 67.2 Å². The summed E-state index contributed by atoms with van der Waals surface area (Å²) < 4.78 is 28.1. The molecule has 0 heterocycles. The number of nitrogens with one attached hydrogen (secondary N) is 1. The summed E-state index contributed by atoms with van der Waals surface area (Å²) in [7, 11) is 4.72. The van der Waals surface area contributed by atoms with Gasteiger partial charge in [-0.3, -0.25) is 24.1 Å². The zero-order valence-electron chi connectivity index (χ0n) is 24.9. The van der Waals surface area contributed by atoms with Crippen LogP contribution in [0.4, 0.5) is 4.39 Å². The van der Waals surface area contributed by atoms with E-state index in [0.29, 0.717) is 5.75 Å². The quantitative estimate of drug-likeness (QED) is 0.311. The number of primary amides is 2. The summed E-state index contributed by atoms with van der Waals surface area (Å²) in [6.45, 7) is 1.43. The van der Waals surface area contributed by atoms with Crippen LogP contribution in [0.3, 0.4) is 0 Å². The number of methoxy groups -OCH3 is 1. The first-order valence-electron chi connectivity index (χ1n) is 14.2. The number of carbonyl (C=O) groups excluding carboxylic acids is 4. The number of nitrogens with two attached hydrogens (primary N) is 2. The van der Waals surface area contributed by atoms with Crippen LogP contribution in [0.15, 0.2) is 59.1 Å². The van der Waals surface area contributed by atoms with Gasteiger partial charge in [-0.1, -0.05) is 18.2 Å². The molecule has 0 aromatic heterocycles. The van der Waals surface area contributed by atoms with Gasteiger partial charge < -0.3 is 31.4 Å². The number of rotatable bonds is 9. The van der Waals surface area contributed by atoms with E-state index in [9.17, 15) is 24.3 Å². The molecule has 0 fully saturated rings. The Hall–Kier alpha value is -4.55. The summed E-state index contributed by atoms with van der Waals surface area (Å²) in [5, 5.41) is 14.5. The van der Waals surface area contributed by atoms with Gasteiger partial charge in [0.1, 0.15) is 34.4 Å². The molecule has 3 aliphatic carbocycles. The number of aliphatic hydroxyl groups excluding tert-OH is 1. The van der Waals surface area contributed by atoms with E-state index >= 15 is 4.39 Å². The van der Waals surface area contributed by atoms with Crippen molar-refractivity contribution in [3.05, 3.63) is 81.6 Å². The minimum absolute atomic E-state index is 0.0146. The molecule has 2 aromatic carbocycles. The Kier molecular flexibility index (Phi) is 8.08. The monoisotopic (exact) mass is 606 g/mol. The number of hydrogen-bond donors (Lipinski definition) is 4. The molecule has 0 spiro atoms. The third-order valence-corrected chi connectivity index (χ3v) is 8.95. The van der Waals surface area contributed by atoms with Crippen molar-refractivity contribution in [3.8, 4) is 11.5 Å². The van der Waals surface area contributed by atoms with Crippen molar-refractivity contribution >= 4 is 23.4 Å². The van der Waals surface area contributed by atoms with Gasteiger partial charge in [0.2, 0.25) is 5.91 Å². The number of benzene rings is 2. The first-order valence-corrected chi connectivity index (χ1v) is 14.2. The molecule has 0 aliphatic heterocycles. The minimum Gasteiger partial charge on any atom is -0.510 e. The number of para-hydroxylation sites is 1. The summed E-state index contributed by atoms with van der Waals surface area (Å²) >= 11 is 0. The van der Waals surface area contributed by atoms with Crippen LogP contribution in [0, 0.1) is 23.1 Å². The van der Waals surface area contributed by atoms with Crippen LogP contribution in [0.5, 0.6) is 11.5 Å². The SMILES string of the molecule is COc1cc(CNCC(N)=O)c(F)c2c1C(=O)C1=C(Oc3ccccc3)[C@]3(C)C(O)=C(C(N)=O)C(=O)[C@@H](N(C)C)[C@@H]3C[C@@H]1C2. The molecular weight excluding hydrogens is 571 g/mol. The number of hydrogen-bond acceptors (Lipinski definition) is 9. The summed E-state index contributed by atoms with van der Waals surface area (Å²) in [4.78, 5) is 53.5. The van der Waals surface area contributed by atoms with E-state index in [4.69, 9.17) is 20.9 Å². The molecular formula is C32H35FN4O7. The third-order valence-electron chi connectivity index (χ3n) is 8.95. The molecule has 0 bridgehead atoms. The number of fused-ring (bicyclic) bond motifs is 3. The average molecular weight is 607 g/mol. The number of halogens is 1. The van der Waals surface area contributed by atoms with Gasteiger partial charge in [0.15, 0.2) is 11.6 Å². The molecule has 6 N–H and O–H groups in total. The molecule has 0 radical (unpaired) electrons. The highest BCUT2D eigenvalue weighted by Crippen LogP contribution is 2.58. The Morgan fingerprint density at radius 3 is 2.45 bits per heavy atom. The lowest BCUT2D eigenvalue weighted by atomic mass is 9.54. The normalized spacial score (nSPS) is 24.5. The van der Waals surface area contributed by atoms with Crippen molar-refractivity contribution in [2.45, 2.75) is 32.4 Å². The van der Waals surface area contributed by atoms with Crippen LogP contribution < -0.4 is 26.3 Å². The lowest BCUT2D eigenvalue weighted by molar-refractivity contribution is -0.130. The molecule has 0 unspecified atom stereocenters. The van der Waals surface area contributed by atoms with Crippen LogP contribution in [0.1, 0.15) is 34.8 Å². The van der Waals surface area contributed by atoms with Crippen molar-refractivity contribution < 1.29 is 38.1 Å². The van der Waals surface area contributed by atoms with Gasteiger partial charge in [0.25, 0.3) is 5.91 Å². The van der Waals surface area contributed by atoms with Gasteiger partial charge in [0, 0.05) is 29.2 Å². The highest BCUT2D eigenvalue weighted by atomic mass is 19.1. The Labute approximate surface area is 253 Å². The molecule has 11 nitrogen and oxygen atoms in total. The second-order valence-electron chi connectivity index (χ2n) is 11.8. The number of ether oxygens (including phenoxy) is 2. The van der Waals surface area contributed by atoms with Crippen LogP contribution >= 0.6 is 0 Å². The van der Waals surface area contributed by atoms with Gasteiger partial charge in [0.05, 0.1) is 30.7 Å². The van der Waals surface area contributed by atoms with Crippen LogP contribution in [0.25, 0.3) is 0 Å². The zero-order chi connectivity index (χ0) is 32.1. The van der Waals surface area contributed by atoms with E-state index in [1.54, 1.807) is 56.3 Å². The topological polar surface area (TPSA) is 174 Å². The second kappa shape index (κ2) is 11.5. The first-order chi connectivity index (χ1) is 20.8. The smallest absolute Gasteiger partial charge is 0.255 e. The Morgan fingerprint density at radius 1 is 1.18 bits per heavy atom. The molecule has 44 heavy (non-hydrogen) atoms. The maximum atomic E-state index is 16.1. The van der Waals surface area contributed by atoms with Gasteiger partial charge in [-0.05, 0) is 58.0 Å². The van der Waals surface area contributed by atoms with E-state index in [-0.39, 0.29) is 59.7 Å². The molecule has 5 rings (SSSR count). The second-order valence-corrected chi connectivity index (χ2v) is 11.8. The first kappa shape index (κ1) is 30.9. The van der Waals surface area contributed by atoms with Crippen molar-refractivity contribution in [1.29, 1.82) is 0 Å². The van der Waals surface area contributed by atoms with Crippen LogP contribution in [0.2, 0.25) is 0 Å². The number of allylic oxidation sites excluding steroid dienone is 1. The maximum Gasteiger partial charge on any atom is 0.255 e. The molecule has 4 atom stereocenters. The van der Waals surface area contributed by atoms with E-state index in [1.807, 2.05) is 0 Å². The third kappa shape index (κ3) is 4.83. The lowest BCUT2D eigenvalue weighted by Crippen LogP contribution is -2.59. The van der Waals surface area contributed by atoms with Gasteiger partial charge >= 0.3 is 0 Å². The number of nitrogens with zero attached hydrogens (tertiary/aromatic N) is 1. The number of likely N-dealkylation sites (N-methyl/N-ethyl adjacent to an activating group) is 1.